The third-order valence-corrected chi connectivity index (χ3v) is 2.04. The molecule has 1 N–H and O–H groups in total. The number of hydrogen-bond acceptors (Lipinski definition) is 4. The molecule has 0 saturated heterocycles. The van der Waals surface area contributed by atoms with Crippen LogP contribution in [0.4, 0.5) is 0 Å². The average Bonchev–Trinajstić information content (AvgIpc) is 2.53. The minimum atomic E-state index is -0.744. The van der Waals surface area contributed by atoms with Crippen LogP contribution in [0.1, 0.15) is 18.7 Å². The molecule has 1 heterocycles. The molecule has 0 aliphatic rings. The maximum Gasteiger partial charge on any atom is 0.112 e. The monoisotopic (exact) mass is 168 g/mol. The number of nitriles is 1. The van der Waals surface area contributed by atoms with Crippen LogP contribution < -0.4 is 0 Å². The van der Waals surface area contributed by atoms with Gasteiger partial charge in [-0.3, -0.25) is 0 Å². The molecule has 0 radical (unpaired) electrons. The van der Waals surface area contributed by atoms with Gasteiger partial charge < -0.3 is 5.11 Å². The normalized spacial score (nSPS) is 15.4. The van der Waals surface area contributed by atoms with E-state index in [1.165, 1.54) is 11.3 Å². The Kier molecular flexibility index (Phi) is 2.58. The van der Waals surface area contributed by atoms with Crippen molar-refractivity contribution in [3.05, 3.63) is 16.6 Å². The fourth-order valence-electron chi connectivity index (χ4n) is 0.695. The van der Waals surface area contributed by atoms with Gasteiger partial charge in [0.15, 0.2) is 0 Å². The molecule has 3 nitrogen and oxygen atoms in total. The predicted molar refractivity (Wildman–Crippen MR) is 41.9 cm³/mol. The van der Waals surface area contributed by atoms with E-state index in [1.807, 2.05) is 6.07 Å². The number of aliphatic hydroxyl groups is 1. The topological polar surface area (TPSA) is 56.9 Å². The highest BCUT2D eigenvalue weighted by atomic mass is 32.1. The fourth-order valence-corrected chi connectivity index (χ4v) is 1.28. The van der Waals surface area contributed by atoms with Crippen molar-refractivity contribution in [1.82, 2.24) is 4.98 Å². The summed E-state index contributed by atoms with van der Waals surface area (Å²) in [7, 11) is 0. The van der Waals surface area contributed by atoms with Crippen LogP contribution >= 0.6 is 11.3 Å². The van der Waals surface area contributed by atoms with Crippen molar-refractivity contribution in [2.75, 3.05) is 0 Å². The molecule has 2 atom stereocenters. The van der Waals surface area contributed by atoms with Crippen LogP contribution in [0.25, 0.3) is 0 Å². The van der Waals surface area contributed by atoms with E-state index < -0.39 is 12.0 Å². The van der Waals surface area contributed by atoms with Gasteiger partial charge in [0.25, 0.3) is 0 Å². The van der Waals surface area contributed by atoms with Gasteiger partial charge in [-0.25, -0.2) is 4.98 Å². The highest BCUT2D eigenvalue weighted by Gasteiger charge is 2.16. The molecule has 0 amide bonds. The molecule has 0 fully saturated rings. The van der Waals surface area contributed by atoms with Crippen molar-refractivity contribution >= 4 is 11.3 Å². The second kappa shape index (κ2) is 3.46. The third kappa shape index (κ3) is 1.76. The van der Waals surface area contributed by atoms with Crippen LogP contribution in [0.5, 0.6) is 0 Å². The third-order valence-electron chi connectivity index (χ3n) is 1.43. The first-order valence-electron chi connectivity index (χ1n) is 3.21. The molecule has 11 heavy (non-hydrogen) atoms. The number of aromatic nitrogens is 1. The summed E-state index contributed by atoms with van der Waals surface area (Å²) in [6.45, 7) is 1.67. The largest absolute Gasteiger partial charge is 0.385 e. The molecule has 58 valence electrons. The van der Waals surface area contributed by atoms with E-state index in [0.29, 0.717) is 5.69 Å². The number of hydrogen-bond donors (Lipinski definition) is 1. The van der Waals surface area contributed by atoms with Crippen LogP contribution in [0.2, 0.25) is 0 Å². The Balaban J connectivity index is 2.71. The highest BCUT2D eigenvalue weighted by Crippen LogP contribution is 2.20. The Labute approximate surface area is 68.9 Å². The number of nitrogens with zero attached hydrogens (tertiary/aromatic N) is 2. The number of thiazole rings is 1. The van der Waals surface area contributed by atoms with Crippen LogP contribution in [0.15, 0.2) is 10.9 Å². The summed E-state index contributed by atoms with van der Waals surface area (Å²) in [4.78, 5) is 3.90. The minimum Gasteiger partial charge on any atom is -0.385 e. The summed E-state index contributed by atoms with van der Waals surface area (Å²) in [5, 5.41) is 19.6. The van der Waals surface area contributed by atoms with E-state index in [0.717, 1.165) is 0 Å². The Morgan fingerprint density at radius 1 is 1.82 bits per heavy atom. The van der Waals surface area contributed by atoms with E-state index in [9.17, 15) is 5.11 Å². The molecular weight excluding hydrogens is 160 g/mol. The standard InChI is InChI=1S/C7H8N2OS/c1-5(2-8)7(10)6-3-11-4-9-6/h3-5,7,10H,1H3. The van der Waals surface area contributed by atoms with Gasteiger partial charge in [-0.1, -0.05) is 0 Å². The summed E-state index contributed by atoms with van der Waals surface area (Å²) in [6, 6.07) is 1.97. The summed E-state index contributed by atoms with van der Waals surface area (Å²) in [5.41, 5.74) is 2.23. The first-order chi connectivity index (χ1) is 5.25. The van der Waals surface area contributed by atoms with Gasteiger partial charge in [0.1, 0.15) is 6.10 Å². The van der Waals surface area contributed by atoms with Crippen molar-refractivity contribution < 1.29 is 5.11 Å². The zero-order valence-electron chi connectivity index (χ0n) is 6.06. The van der Waals surface area contributed by atoms with Gasteiger partial charge >= 0.3 is 0 Å². The van der Waals surface area contributed by atoms with Crippen molar-refractivity contribution in [2.45, 2.75) is 13.0 Å². The van der Waals surface area contributed by atoms with Crippen molar-refractivity contribution in [2.24, 2.45) is 5.92 Å². The second-order valence-corrected chi connectivity index (χ2v) is 2.99. The Morgan fingerprint density at radius 2 is 2.55 bits per heavy atom. The van der Waals surface area contributed by atoms with E-state index in [-0.39, 0.29) is 0 Å². The van der Waals surface area contributed by atoms with Crippen LogP contribution in [0, 0.1) is 17.2 Å². The predicted octanol–water partition coefficient (Wildman–Crippen LogP) is 1.34. The number of rotatable bonds is 2. The van der Waals surface area contributed by atoms with E-state index >= 15 is 0 Å². The molecule has 0 aromatic carbocycles. The molecule has 0 spiro atoms. The zero-order chi connectivity index (χ0) is 8.27. The van der Waals surface area contributed by atoms with Gasteiger partial charge in [-0.15, -0.1) is 11.3 Å². The van der Waals surface area contributed by atoms with Crippen molar-refractivity contribution in [3.8, 4) is 6.07 Å². The lowest BCUT2D eigenvalue weighted by atomic mass is 10.1. The lowest BCUT2D eigenvalue weighted by molar-refractivity contribution is 0.139. The van der Waals surface area contributed by atoms with Crippen molar-refractivity contribution in [3.63, 3.8) is 0 Å². The average molecular weight is 168 g/mol. The Bertz CT molecular complexity index is 252. The lowest BCUT2D eigenvalue weighted by Gasteiger charge is -2.07. The molecule has 1 aromatic heterocycles. The van der Waals surface area contributed by atoms with Gasteiger partial charge in [0.05, 0.1) is 23.2 Å². The fraction of sp³-hybridized carbons (Fsp3) is 0.429. The molecule has 0 aliphatic heterocycles. The van der Waals surface area contributed by atoms with Gasteiger partial charge in [-0.05, 0) is 6.92 Å². The summed E-state index contributed by atoms with van der Waals surface area (Å²) in [5.74, 6) is -0.392. The van der Waals surface area contributed by atoms with Gasteiger partial charge in [0.2, 0.25) is 0 Å². The lowest BCUT2D eigenvalue weighted by Crippen LogP contribution is -2.06. The summed E-state index contributed by atoms with van der Waals surface area (Å²) >= 11 is 1.42. The van der Waals surface area contributed by atoms with E-state index in [1.54, 1.807) is 17.8 Å². The van der Waals surface area contributed by atoms with Crippen LogP contribution in [-0.2, 0) is 0 Å². The molecule has 0 bridgehead atoms. The maximum atomic E-state index is 9.40. The maximum absolute atomic E-state index is 9.40. The molecule has 1 aromatic rings. The molecule has 2 unspecified atom stereocenters. The molecular formula is C7H8N2OS. The van der Waals surface area contributed by atoms with E-state index in [2.05, 4.69) is 4.98 Å². The molecule has 0 saturated carbocycles. The summed E-state index contributed by atoms with van der Waals surface area (Å²) < 4.78 is 0. The molecule has 1 rings (SSSR count). The SMILES string of the molecule is CC(C#N)C(O)c1cscn1. The Hall–Kier alpha value is -0.920. The second-order valence-electron chi connectivity index (χ2n) is 2.28. The van der Waals surface area contributed by atoms with E-state index in [4.69, 9.17) is 5.26 Å². The minimum absolute atomic E-state index is 0.392. The summed E-state index contributed by atoms with van der Waals surface area (Å²) in [6.07, 6.45) is -0.744. The van der Waals surface area contributed by atoms with Gasteiger partial charge in [-0.2, -0.15) is 5.26 Å². The number of aliphatic hydroxyl groups excluding tert-OH is 1. The first kappa shape index (κ1) is 8.18. The zero-order valence-corrected chi connectivity index (χ0v) is 6.88. The Morgan fingerprint density at radius 3 is 3.00 bits per heavy atom. The smallest absolute Gasteiger partial charge is 0.112 e. The van der Waals surface area contributed by atoms with Gasteiger partial charge in [0, 0.05) is 5.38 Å². The van der Waals surface area contributed by atoms with Crippen LogP contribution in [0.3, 0.4) is 0 Å². The first-order valence-corrected chi connectivity index (χ1v) is 4.15. The van der Waals surface area contributed by atoms with Crippen LogP contribution in [-0.4, -0.2) is 10.1 Å². The van der Waals surface area contributed by atoms with Crippen molar-refractivity contribution in [1.29, 1.82) is 5.26 Å². The highest BCUT2D eigenvalue weighted by molar-refractivity contribution is 7.07. The molecule has 4 heteroatoms. The quantitative estimate of drug-likeness (QED) is 0.724. The molecule has 0 aliphatic carbocycles.